The third-order valence-electron chi connectivity index (χ3n) is 2.49. The fraction of sp³-hybridized carbons (Fsp3) is 0. The van der Waals surface area contributed by atoms with Crippen LogP contribution in [-0.4, -0.2) is 17.5 Å². The van der Waals surface area contributed by atoms with Crippen LogP contribution >= 0.6 is 0 Å². The summed E-state index contributed by atoms with van der Waals surface area (Å²) in [4.78, 5) is 20.9. The summed E-state index contributed by atoms with van der Waals surface area (Å²) in [5, 5.41) is 19.3. The van der Waals surface area contributed by atoms with Gasteiger partial charge < -0.3 is 10.4 Å². The van der Waals surface area contributed by atoms with Crippen molar-refractivity contribution in [3.05, 3.63) is 54.1 Å². The Bertz CT molecular complexity index is 634. The van der Waals surface area contributed by atoms with Gasteiger partial charge in [0.25, 0.3) is 0 Å². The molecule has 6 heteroatoms. The van der Waals surface area contributed by atoms with E-state index in [1.165, 1.54) is 12.1 Å². The highest BCUT2D eigenvalue weighted by atomic mass is 16.4. The molecule has 0 unspecified atom stereocenters. The second-order valence-electron chi connectivity index (χ2n) is 3.86. The molecule has 1 amide bonds. The largest absolute Gasteiger partial charge is 0.478 e. The molecule has 0 aliphatic heterocycles. The van der Waals surface area contributed by atoms with Crippen LogP contribution in [0, 0.1) is 0 Å². The van der Waals surface area contributed by atoms with Crippen molar-refractivity contribution in [2.45, 2.75) is 0 Å². The molecule has 0 atom stereocenters. The number of hydrogen-bond donors (Lipinski definition) is 2. The molecule has 2 N–H and O–H groups in total. The highest BCUT2D eigenvalue weighted by Crippen LogP contribution is 2.20. The lowest BCUT2D eigenvalue weighted by molar-refractivity contribution is -0.105. The molecule has 0 radical (unpaired) electrons. The van der Waals surface area contributed by atoms with Crippen LogP contribution in [0.2, 0.25) is 0 Å². The SMILES string of the molecule is O=CNc1ccc(N=Nc2ccc(C(=O)O)cc2)cc1. The van der Waals surface area contributed by atoms with E-state index in [1.54, 1.807) is 36.4 Å². The van der Waals surface area contributed by atoms with Crippen LogP contribution in [0.3, 0.4) is 0 Å². The number of aromatic carboxylic acids is 1. The average molecular weight is 269 g/mol. The molecule has 0 fully saturated rings. The topological polar surface area (TPSA) is 91.1 Å². The summed E-state index contributed by atoms with van der Waals surface area (Å²) in [7, 11) is 0. The Balaban J connectivity index is 2.08. The molecule has 0 saturated carbocycles. The van der Waals surface area contributed by atoms with E-state index >= 15 is 0 Å². The van der Waals surface area contributed by atoms with Gasteiger partial charge in [-0.25, -0.2) is 4.79 Å². The monoisotopic (exact) mass is 269 g/mol. The lowest BCUT2D eigenvalue weighted by atomic mass is 10.2. The molecule has 0 aromatic heterocycles. The summed E-state index contributed by atoms with van der Waals surface area (Å²) in [6.45, 7) is 0. The van der Waals surface area contributed by atoms with Crippen molar-refractivity contribution < 1.29 is 14.7 Å². The van der Waals surface area contributed by atoms with E-state index in [1.807, 2.05) is 0 Å². The standard InChI is InChI=1S/C14H11N3O3/c18-9-15-11-5-7-13(8-6-11)17-16-12-3-1-10(2-4-12)14(19)20/h1-9H,(H,15,18)(H,19,20). The Morgan fingerprint density at radius 1 is 0.950 bits per heavy atom. The molecule has 100 valence electrons. The van der Waals surface area contributed by atoms with Crippen LogP contribution in [0.5, 0.6) is 0 Å². The van der Waals surface area contributed by atoms with Gasteiger partial charge in [-0.15, -0.1) is 0 Å². The Morgan fingerprint density at radius 3 is 1.90 bits per heavy atom. The maximum atomic E-state index is 10.7. The van der Waals surface area contributed by atoms with Crippen LogP contribution in [-0.2, 0) is 4.79 Å². The molecule has 2 aromatic rings. The van der Waals surface area contributed by atoms with Crippen LogP contribution in [0.1, 0.15) is 10.4 Å². The lowest BCUT2D eigenvalue weighted by Gasteiger charge is -1.98. The number of carbonyl (C=O) groups excluding carboxylic acids is 1. The minimum absolute atomic E-state index is 0.202. The highest BCUT2D eigenvalue weighted by Gasteiger charge is 2.00. The molecule has 0 heterocycles. The maximum Gasteiger partial charge on any atom is 0.335 e. The van der Waals surface area contributed by atoms with E-state index in [2.05, 4.69) is 15.5 Å². The third-order valence-corrected chi connectivity index (χ3v) is 2.49. The predicted molar refractivity (Wildman–Crippen MR) is 73.7 cm³/mol. The summed E-state index contributed by atoms with van der Waals surface area (Å²) < 4.78 is 0. The Hall–Kier alpha value is -3.02. The number of rotatable bonds is 5. The molecular formula is C14H11N3O3. The minimum atomic E-state index is -0.980. The normalized spacial score (nSPS) is 10.4. The summed E-state index contributed by atoms with van der Waals surface area (Å²) in [5.74, 6) is -0.980. The highest BCUT2D eigenvalue weighted by molar-refractivity contribution is 5.87. The van der Waals surface area contributed by atoms with Gasteiger partial charge in [-0.2, -0.15) is 10.2 Å². The van der Waals surface area contributed by atoms with Gasteiger partial charge in [-0.1, -0.05) is 0 Å². The zero-order valence-electron chi connectivity index (χ0n) is 10.4. The number of amides is 1. The molecule has 0 aliphatic rings. The van der Waals surface area contributed by atoms with E-state index in [9.17, 15) is 9.59 Å². The number of benzene rings is 2. The summed E-state index contributed by atoms with van der Waals surface area (Å²) in [6.07, 6.45) is 0.598. The van der Waals surface area contributed by atoms with Gasteiger partial charge in [-0.3, -0.25) is 4.79 Å². The van der Waals surface area contributed by atoms with Crippen LogP contribution in [0.4, 0.5) is 17.1 Å². The number of carbonyl (C=O) groups is 2. The van der Waals surface area contributed by atoms with E-state index < -0.39 is 5.97 Å². The van der Waals surface area contributed by atoms with Crippen molar-refractivity contribution in [2.75, 3.05) is 5.32 Å². The fourth-order valence-electron chi connectivity index (χ4n) is 1.48. The first kappa shape index (κ1) is 13.4. The fourth-order valence-corrected chi connectivity index (χ4v) is 1.48. The first-order valence-corrected chi connectivity index (χ1v) is 5.74. The van der Waals surface area contributed by atoms with E-state index in [0.717, 1.165) is 0 Å². The number of hydrogen-bond acceptors (Lipinski definition) is 4. The molecule has 2 aromatic carbocycles. The second kappa shape index (κ2) is 6.24. The molecular weight excluding hydrogens is 258 g/mol. The smallest absolute Gasteiger partial charge is 0.335 e. The first-order valence-electron chi connectivity index (χ1n) is 5.74. The van der Waals surface area contributed by atoms with Crippen molar-refractivity contribution in [1.29, 1.82) is 0 Å². The number of carboxylic acid groups (broad SMARTS) is 1. The Kier molecular flexibility index (Phi) is 4.18. The van der Waals surface area contributed by atoms with Gasteiger partial charge >= 0.3 is 5.97 Å². The Labute approximate surface area is 114 Å². The maximum absolute atomic E-state index is 10.7. The zero-order valence-corrected chi connectivity index (χ0v) is 10.4. The molecule has 6 nitrogen and oxygen atoms in total. The van der Waals surface area contributed by atoms with Crippen molar-refractivity contribution in [3.63, 3.8) is 0 Å². The quantitative estimate of drug-likeness (QED) is 0.644. The molecule has 0 aliphatic carbocycles. The van der Waals surface area contributed by atoms with E-state index in [0.29, 0.717) is 23.5 Å². The number of nitrogens with zero attached hydrogens (tertiary/aromatic N) is 2. The predicted octanol–water partition coefficient (Wildman–Crippen LogP) is 3.37. The molecule has 2 rings (SSSR count). The summed E-state index contributed by atoms with van der Waals surface area (Å²) in [6, 6.07) is 12.9. The molecule has 0 saturated heterocycles. The molecule has 0 spiro atoms. The lowest BCUT2D eigenvalue weighted by Crippen LogP contribution is -1.93. The van der Waals surface area contributed by atoms with E-state index in [4.69, 9.17) is 5.11 Å². The first-order chi connectivity index (χ1) is 9.69. The third kappa shape index (κ3) is 3.49. The Morgan fingerprint density at radius 2 is 1.45 bits per heavy atom. The van der Waals surface area contributed by atoms with Crippen molar-refractivity contribution in [2.24, 2.45) is 10.2 Å². The van der Waals surface area contributed by atoms with Crippen LogP contribution in [0.25, 0.3) is 0 Å². The number of azo groups is 1. The second-order valence-corrected chi connectivity index (χ2v) is 3.86. The van der Waals surface area contributed by atoms with Crippen LogP contribution in [0.15, 0.2) is 58.8 Å². The number of anilines is 1. The van der Waals surface area contributed by atoms with Crippen molar-refractivity contribution in [3.8, 4) is 0 Å². The van der Waals surface area contributed by atoms with Crippen LogP contribution < -0.4 is 5.32 Å². The zero-order chi connectivity index (χ0) is 14.4. The number of nitrogens with one attached hydrogen (secondary N) is 1. The molecule has 20 heavy (non-hydrogen) atoms. The summed E-state index contributed by atoms with van der Waals surface area (Å²) >= 11 is 0. The summed E-state index contributed by atoms with van der Waals surface area (Å²) in [5.41, 5.74) is 2.06. The minimum Gasteiger partial charge on any atom is -0.478 e. The van der Waals surface area contributed by atoms with Gasteiger partial charge in [0.1, 0.15) is 0 Å². The van der Waals surface area contributed by atoms with Crippen molar-refractivity contribution >= 4 is 29.4 Å². The van der Waals surface area contributed by atoms with Gasteiger partial charge in [0.15, 0.2) is 0 Å². The molecule has 0 bridgehead atoms. The van der Waals surface area contributed by atoms with Gasteiger partial charge in [0, 0.05) is 5.69 Å². The average Bonchev–Trinajstić information content (AvgIpc) is 2.47. The van der Waals surface area contributed by atoms with Gasteiger partial charge in [0.05, 0.1) is 16.9 Å². The van der Waals surface area contributed by atoms with Crippen molar-refractivity contribution in [1.82, 2.24) is 0 Å². The van der Waals surface area contributed by atoms with E-state index in [-0.39, 0.29) is 5.56 Å². The number of carboxylic acids is 1. The van der Waals surface area contributed by atoms with Gasteiger partial charge in [0.2, 0.25) is 6.41 Å². The van der Waals surface area contributed by atoms with Gasteiger partial charge in [-0.05, 0) is 48.5 Å².